The smallest absolute Gasteiger partial charge is 0.341 e. The Hall–Kier alpha value is -3.84. The van der Waals surface area contributed by atoms with Crippen molar-refractivity contribution in [2.75, 3.05) is 24.5 Å². The highest BCUT2D eigenvalue weighted by molar-refractivity contribution is 7.89. The third kappa shape index (κ3) is 4.21. The number of non-ortho nitro benzene ring substituents is 1. The van der Waals surface area contributed by atoms with Crippen LogP contribution in [0.4, 0.5) is 15.8 Å². The van der Waals surface area contributed by atoms with Crippen molar-refractivity contribution in [3.8, 4) is 0 Å². The number of nitro groups is 1. The molecule has 1 aliphatic carbocycles. The van der Waals surface area contributed by atoms with Crippen LogP contribution < -0.4 is 10.3 Å². The standard InChI is InChI=1S/C25H25FN4O7S/c1-14-12-27(9-10-29(14)38(36,37)18-7-5-17(6-8-18)30(34)35)21-11-20-22(15(2)23(21)26)24(31)19(25(32)33)13-28(20)16-3-4-16/h5-8,11,13-14,16H,3-4,9-10,12H2,1-2H3,(H,32,33). The number of aromatic nitrogens is 1. The van der Waals surface area contributed by atoms with Crippen molar-refractivity contribution in [1.29, 1.82) is 0 Å². The molecule has 1 saturated heterocycles. The van der Waals surface area contributed by atoms with Crippen molar-refractivity contribution in [2.24, 2.45) is 0 Å². The van der Waals surface area contributed by atoms with Gasteiger partial charge in [0.05, 0.1) is 26.4 Å². The molecule has 2 aliphatic rings. The quantitative estimate of drug-likeness (QED) is 0.368. The van der Waals surface area contributed by atoms with E-state index < -0.39 is 43.8 Å². The number of rotatable bonds is 6. The summed E-state index contributed by atoms with van der Waals surface area (Å²) in [5, 5.41) is 20.5. The number of carboxylic acid groups (broad SMARTS) is 1. The summed E-state index contributed by atoms with van der Waals surface area (Å²) in [5.74, 6) is -2.02. The molecule has 3 aromatic rings. The van der Waals surface area contributed by atoms with Crippen LogP contribution >= 0.6 is 0 Å². The second-order valence-corrected chi connectivity index (χ2v) is 11.6. The lowest BCUT2D eigenvalue weighted by Gasteiger charge is -2.40. The molecular weight excluding hydrogens is 519 g/mol. The normalized spacial score (nSPS) is 18.6. The minimum absolute atomic E-state index is 0.0246. The largest absolute Gasteiger partial charge is 0.477 e. The van der Waals surface area contributed by atoms with Crippen LogP contribution in [0.2, 0.25) is 0 Å². The fourth-order valence-electron chi connectivity index (χ4n) is 5.08. The molecule has 1 aliphatic heterocycles. The molecule has 2 fully saturated rings. The molecular formula is C25H25FN4O7S. The molecule has 1 saturated carbocycles. The van der Waals surface area contributed by atoms with Gasteiger partial charge in [-0.25, -0.2) is 17.6 Å². The Morgan fingerprint density at radius 2 is 1.84 bits per heavy atom. The topological polar surface area (TPSA) is 143 Å². The molecule has 0 bridgehead atoms. The number of fused-ring (bicyclic) bond motifs is 1. The molecule has 38 heavy (non-hydrogen) atoms. The summed E-state index contributed by atoms with van der Waals surface area (Å²) < 4.78 is 45.2. The van der Waals surface area contributed by atoms with Crippen LogP contribution in [0.3, 0.4) is 0 Å². The van der Waals surface area contributed by atoms with Gasteiger partial charge >= 0.3 is 5.97 Å². The number of sulfonamides is 1. The highest BCUT2D eigenvalue weighted by Crippen LogP contribution is 2.39. The van der Waals surface area contributed by atoms with Crippen LogP contribution in [0.15, 0.2) is 46.2 Å². The summed E-state index contributed by atoms with van der Waals surface area (Å²) in [6.45, 7) is 3.52. The fourth-order valence-corrected chi connectivity index (χ4v) is 6.69. The fraction of sp³-hybridized carbons (Fsp3) is 0.360. The van der Waals surface area contributed by atoms with Gasteiger partial charge in [-0.05, 0) is 44.9 Å². The molecule has 0 radical (unpaired) electrons. The molecule has 11 nitrogen and oxygen atoms in total. The maximum atomic E-state index is 15.7. The maximum absolute atomic E-state index is 15.7. The Labute approximate surface area is 216 Å². The second kappa shape index (κ2) is 9.17. The molecule has 0 amide bonds. The van der Waals surface area contributed by atoms with Crippen molar-refractivity contribution in [2.45, 2.75) is 43.7 Å². The van der Waals surface area contributed by atoms with E-state index in [0.717, 1.165) is 25.0 Å². The third-order valence-corrected chi connectivity index (χ3v) is 9.24. The van der Waals surface area contributed by atoms with E-state index in [4.69, 9.17) is 0 Å². The molecule has 1 atom stereocenters. The van der Waals surface area contributed by atoms with Gasteiger partial charge in [-0.1, -0.05) is 0 Å². The van der Waals surface area contributed by atoms with Gasteiger partial charge in [0.25, 0.3) is 5.69 Å². The molecule has 2 aromatic carbocycles. The van der Waals surface area contributed by atoms with Gasteiger partial charge < -0.3 is 14.6 Å². The Bertz CT molecular complexity index is 1650. The lowest BCUT2D eigenvalue weighted by Crippen LogP contribution is -2.54. The number of pyridine rings is 1. The summed E-state index contributed by atoms with van der Waals surface area (Å²) >= 11 is 0. The Balaban J connectivity index is 1.49. The van der Waals surface area contributed by atoms with Gasteiger partial charge in [0.1, 0.15) is 11.4 Å². The van der Waals surface area contributed by atoms with Crippen molar-refractivity contribution >= 4 is 38.3 Å². The van der Waals surface area contributed by atoms with Crippen LogP contribution in [0.25, 0.3) is 10.9 Å². The molecule has 1 N–H and O–H groups in total. The molecule has 200 valence electrons. The number of nitrogens with zero attached hydrogens (tertiary/aromatic N) is 4. The number of benzene rings is 2. The molecule has 13 heteroatoms. The summed E-state index contributed by atoms with van der Waals surface area (Å²) in [6, 6.07) is 5.68. The van der Waals surface area contributed by atoms with Gasteiger partial charge in [-0.15, -0.1) is 0 Å². The molecule has 1 unspecified atom stereocenters. The van der Waals surface area contributed by atoms with E-state index in [1.165, 1.54) is 29.6 Å². The minimum Gasteiger partial charge on any atom is -0.477 e. The first-order chi connectivity index (χ1) is 17.9. The van der Waals surface area contributed by atoms with Crippen molar-refractivity contribution in [3.05, 3.63) is 73.8 Å². The zero-order valence-electron chi connectivity index (χ0n) is 20.6. The number of aryl methyl sites for hydroxylation is 1. The van der Waals surface area contributed by atoms with Gasteiger partial charge in [0.2, 0.25) is 15.5 Å². The number of carbonyl (C=O) groups is 1. The van der Waals surface area contributed by atoms with E-state index >= 15 is 4.39 Å². The Morgan fingerprint density at radius 1 is 1.18 bits per heavy atom. The SMILES string of the molecule is Cc1c(F)c(N2CCN(S(=O)(=O)c3ccc([N+](=O)[O-])cc3)C(C)C2)cc2c1c(=O)c(C(=O)O)cn2C1CC1. The van der Waals surface area contributed by atoms with E-state index in [0.29, 0.717) is 5.52 Å². The van der Waals surface area contributed by atoms with Gasteiger partial charge in [0, 0.05) is 55.6 Å². The third-order valence-electron chi connectivity index (χ3n) is 7.21. The van der Waals surface area contributed by atoms with Crippen LogP contribution in [0.1, 0.15) is 41.7 Å². The maximum Gasteiger partial charge on any atom is 0.341 e. The van der Waals surface area contributed by atoms with Crippen molar-refractivity contribution < 1.29 is 27.6 Å². The average molecular weight is 545 g/mol. The molecule has 0 spiro atoms. The van der Waals surface area contributed by atoms with Crippen LogP contribution in [-0.4, -0.2) is 59.0 Å². The number of aromatic carboxylic acids is 1. The summed E-state index contributed by atoms with van der Waals surface area (Å²) in [6.07, 6.45) is 2.96. The lowest BCUT2D eigenvalue weighted by molar-refractivity contribution is -0.384. The van der Waals surface area contributed by atoms with Crippen molar-refractivity contribution in [3.63, 3.8) is 0 Å². The van der Waals surface area contributed by atoms with Crippen LogP contribution in [0.5, 0.6) is 0 Å². The number of halogens is 1. The van der Waals surface area contributed by atoms with Crippen LogP contribution in [-0.2, 0) is 10.0 Å². The second-order valence-electron chi connectivity index (χ2n) is 9.71. The average Bonchev–Trinajstić information content (AvgIpc) is 3.71. The highest BCUT2D eigenvalue weighted by atomic mass is 32.2. The first-order valence-electron chi connectivity index (χ1n) is 12.0. The highest BCUT2D eigenvalue weighted by Gasteiger charge is 2.36. The first kappa shape index (κ1) is 25.8. The molecule has 2 heterocycles. The monoisotopic (exact) mass is 544 g/mol. The van der Waals surface area contributed by atoms with E-state index in [1.807, 2.05) is 0 Å². The summed E-state index contributed by atoms with van der Waals surface area (Å²) in [7, 11) is -3.95. The summed E-state index contributed by atoms with van der Waals surface area (Å²) in [5.41, 5.74) is -0.646. The lowest BCUT2D eigenvalue weighted by atomic mass is 10.0. The van der Waals surface area contributed by atoms with E-state index in [9.17, 15) is 33.2 Å². The number of anilines is 1. The number of piperazine rings is 1. The minimum atomic E-state index is -3.95. The number of hydrogen-bond acceptors (Lipinski definition) is 7. The Kier molecular flexibility index (Phi) is 6.22. The predicted octanol–water partition coefficient (Wildman–Crippen LogP) is 3.29. The van der Waals surface area contributed by atoms with E-state index in [-0.39, 0.29) is 52.9 Å². The zero-order valence-corrected chi connectivity index (χ0v) is 21.4. The molecule has 1 aromatic heterocycles. The zero-order chi connectivity index (χ0) is 27.5. The number of hydrogen-bond donors (Lipinski definition) is 1. The first-order valence-corrected chi connectivity index (χ1v) is 13.5. The number of carboxylic acids is 1. The van der Waals surface area contributed by atoms with Crippen LogP contribution in [0, 0.1) is 22.9 Å². The van der Waals surface area contributed by atoms with Crippen molar-refractivity contribution in [1.82, 2.24) is 8.87 Å². The Morgan fingerprint density at radius 3 is 2.39 bits per heavy atom. The molecule has 5 rings (SSSR count). The van der Waals surface area contributed by atoms with E-state index in [1.54, 1.807) is 22.5 Å². The van der Waals surface area contributed by atoms with Gasteiger partial charge in [-0.2, -0.15) is 4.31 Å². The summed E-state index contributed by atoms with van der Waals surface area (Å²) in [4.78, 5) is 36.6. The van der Waals surface area contributed by atoms with Gasteiger partial charge in [0.15, 0.2) is 0 Å². The number of nitro benzene ring substituents is 1. The predicted molar refractivity (Wildman–Crippen MR) is 137 cm³/mol. The van der Waals surface area contributed by atoms with E-state index in [2.05, 4.69) is 0 Å². The van der Waals surface area contributed by atoms with Gasteiger partial charge in [-0.3, -0.25) is 14.9 Å².